The highest BCUT2D eigenvalue weighted by atomic mass is 15.1. The van der Waals surface area contributed by atoms with Crippen LogP contribution in [0.25, 0.3) is 5.65 Å². The summed E-state index contributed by atoms with van der Waals surface area (Å²) in [6.07, 6.45) is 8.71. The molecule has 4 heteroatoms. The number of nitrogens with two attached hydrogens (primary N) is 1. The summed E-state index contributed by atoms with van der Waals surface area (Å²) in [5.74, 6) is 1.82. The van der Waals surface area contributed by atoms with Crippen molar-refractivity contribution in [3.63, 3.8) is 0 Å². The van der Waals surface area contributed by atoms with Gasteiger partial charge in [0.15, 0.2) is 0 Å². The number of aromatic nitrogens is 2. The van der Waals surface area contributed by atoms with Crippen molar-refractivity contribution in [3.8, 4) is 0 Å². The van der Waals surface area contributed by atoms with Crippen LogP contribution < -0.4 is 11.1 Å². The monoisotopic (exact) mass is 244 g/mol. The molecule has 3 N–H and O–H groups in total. The molecule has 1 aliphatic carbocycles. The summed E-state index contributed by atoms with van der Waals surface area (Å²) >= 11 is 0. The topological polar surface area (TPSA) is 55.3 Å². The van der Waals surface area contributed by atoms with Crippen molar-refractivity contribution in [2.24, 2.45) is 11.7 Å². The molecular formula is C14H20N4. The average Bonchev–Trinajstić information content (AvgIpc) is 2.85. The van der Waals surface area contributed by atoms with E-state index in [1.807, 2.05) is 24.5 Å². The number of fused-ring (bicyclic) bond motifs is 1. The Morgan fingerprint density at radius 3 is 3.22 bits per heavy atom. The van der Waals surface area contributed by atoms with Crippen molar-refractivity contribution in [1.29, 1.82) is 0 Å². The molecule has 96 valence electrons. The highest BCUT2D eigenvalue weighted by Crippen LogP contribution is 2.23. The normalized spacial score (nSPS) is 24.3. The van der Waals surface area contributed by atoms with Gasteiger partial charge in [-0.3, -0.25) is 4.40 Å². The third-order valence-electron chi connectivity index (χ3n) is 3.82. The molecule has 2 unspecified atom stereocenters. The molecule has 2 atom stereocenters. The van der Waals surface area contributed by atoms with Crippen LogP contribution in [0, 0.1) is 5.92 Å². The number of imidazole rings is 1. The molecule has 0 spiro atoms. The number of rotatable bonds is 3. The first-order chi connectivity index (χ1) is 8.83. The van der Waals surface area contributed by atoms with Gasteiger partial charge in [0.05, 0.1) is 0 Å². The second-order valence-corrected chi connectivity index (χ2v) is 5.24. The zero-order valence-corrected chi connectivity index (χ0v) is 10.5. The largest absolute Gasteiger partial charge is 0.371 e. The van der Waals surface area contributed by atoms with Gasteiger partial charge >= 0.3 is 0 Å². The van der Waals surface area contributed by atoms with Crippen LogP contribution in [0.15, 0.2) is 30.6 Å². The van der Waals surface area contributed by atoms with Gasteiger partial charge in [-0.25, -0.2) is 4.98 Å². The van der Waals surface area contributed by atoms with Crippen molar-refractivity contribution in [2.45, 2.75) is 31.7 Å². The molecule has 0 saturated heterocycles. The lowest BCUT2D eigenvalue weighted by molar-refractivity contribution is 0.334. The number of hydrogen-bond acceptors (Lipinski definition) is 3. The number of hydrogen-bond donors (Lipinski definition) is 2. The van der Waals surface area contributed by atoms with E-state index in [1.54, 1.807) is 0 Å². The molecule has 0 aromatic carbocycles. The predicted molar refractivity (Wildman–Crippen MR) is 73.6 cm³/mol. The molecule has 0 bridgehead atoms. The Bertz CT molecular complexity index is 519. The molecule has 4 nitrogen and oxygen atoms in total. The minimum absolute atomic E-state index is 0.398. The van der Waals surface area contributed by atoms with Gasteiger partial charge in [-0.1, -0.05) is 12.5 Å². The van der Waals surface area contributed by atoms with Gasteiger partial charge in [0.1, 0.15) is 11.5 Å². The molecule has 2 aromatic heterocycles. The average molecular weight is 244 g/mol. The number of anilines is 1. The third-order valence-corrected chi connectivity index (χ3v) is 3.82. The van der Waals surface area contributed by atoms with E-state index in [4.69, 9.17) is 5.73 Å². The Morgan fingerprint density at radius 2 is 2.33 bits per heavy atom. The summed E-state index contributed by atoms with van der Waals surface area (Å²) in [5.41, 5.74) is 7.01. The first kappa shape index (κ1) is 11.5. The molecule has 1 fully saturated rings. The molecule has 0 radical (unpaired) electrons. The lowest BCUT2D eigenvalue weighted by Crippen LogP contribution is -2.31. The minimum Gasteiger partial charge on any atom is -0.371 e. The molecule has 0 aliphatic heterocycles. The molecule has 0 amide bonds. The van der Waals surface area contributed by atoms with Crippen molar-refractivity contribution in [3.05, 3.63) is 30.6 Å². The molecule has 1 aliphatic rings. The Morgan fingerprint density at radius 1 is 1.39 bits per heavy atom. The number of nitrogens with one attached hydrogen (secondary N) is 1. The summed E-state index contributed by atoms with van der Waals surface area (Å²) in [5, 5.41) is 3.53. The summed E-state index contributed by atoms with van der Waals surface area (Å²) in [6.45, 7) is 1.00. The van der Waals surface area contributed by atoms with E-state index in [9.17, 15) is 0 Å². The molecule has 2 aromatic rings. The first-order valence-electron chi connectivity index (χ1n) is 6.74. The maximum Gasteiger partial charge on any atom is 0.138 e. The van der Waals surface area contributed by atoms with Crippen LogP contribution in [0.2, 0.25) is 0 Å². The second kappa shape index (κ2) is 4.98. The van der Waals surface area contributed by atoms with Gasteiger partial charge in [-0.05, 0) is 37.3 Å². The van der Waals surface area contributed by atoms with E-state index in [-0.39, 0.29) is 0 Å². The van der Waals surface area contributed by atoms with Gasteiger partial charge in [-0.15, -0.1) is 0 Å². The standard InChI is InChI=1S/C14H20N4/c15-12-4-1-3-11(9-12)10-17-14-6-2-5-13-16-7-8-18(13)14/h2,5-8,11-12,17H,1,3-4,9-10,15H2. The molecule has 3 rings (SSSR count). The van der Waals surface area contributed by atoms with Crippen molar-refractivity contribution in [2.75, 3.05) is 11.9 Å². The van der Waals surface area contributed by atoms with Crippen LogP contribution in [0.4, 0.5) is 5.82 Å². The fourth-order valence-corrected chi connectivity index (χ4v) is 2.86. The molecule has 18 heavy (non-hydrogen) atoms. The Balaban J connectivity index is 1.67. The highest BCUT2D eigenvalue weighted by Gasteiger charge is 2.18. The summed E-state index contributed by atoms with van der Waals surface area (Å²) in [7, 11) is 0. The van der Waals surface area contributed by atoms with Gasteiger partial charge in [0.25, 0.3) is 0 Å². The zero-order valence-electron chi connectivity index (χ0n) is 10.5. The van der Waals surface area contributed by atoms with Gasteiger partial charge in [0.2, 0.25) is 0 Å². The van der Waals surface area contributed by atoms with Crippen molar-refractivity contribution >= 4 is 11.5 Å². The van der Waals surface area contributed by atoms with E-state index in [2.05, 4.69) is 20.8 Å². The minimum atomic E-state index is 0.398. The van der Waals surface area contributed by atoms with Crippen molar-refractivity contribution in [1.82, 2.24) is 9.38 Å². The van der Waals surface area contributed by atoms with E-state index >= 15 is 0 Å². The second-order valence-electron chi connectivity index (χ2n) is 5.24. The number of nitrogens with zero attached hydrogens (tertiary/aromatic N) is 2. The quantitative estimate of drug-likeness (QED) is 0.870. The van der Waals surface area contributed by atoms with Crippen LogP contribution in [-0.2, 0) is 0 Å². The Labute approximate surface area is 107 Å². The summed E-state index contributed by atoms with van der Waals surface area (Å²) in [4.78, 5) is 4.29. The fourth-order valence-electron chi connectivity index (χ4n) is 2.86. The van der Waals surface area contributed by atoms with Gasteiger partial charge in [-0.2, -0.15) is 0 Å². The predicted octanol–water partition coefficient (Wildman–Crippen LogP) is 2.26. The Kier molecular flexibility index (Phi) is 3.19. The van der Waals surface area contributed by atoms with Crippen LogP contribution >= 0.6 is 0 Å². The van der Waals surface area contributed by atoms with E-state index in [0.29, 0.717) is 12.0 Å². The molecular weight excluding hydrogens is 224 g/mol. The maximum absolute atomic E-state index is 6.03. The van der Waals surface area contributed by atoms with Crippen LogP contribution in [-0.4, -0.2) is 22.0 Å². The van der Waals surface area contributed by atoms with Gasteiger partial charge in [0, 0.05) is 25.0 Å². The Hall–Kier alpha value is -1.55. The summed E-state index contributed by atoms with van der Waals surface area (Å²) < 4.78 is 2.09. The van der Waals surface area contributed by atoms with Crippen LogP contribution in [0.3, 0.4) is 0 Å². The summed E-state index contributed by atoms with van der Waals surface area (Å²) in [6, 6.07) is 6.55. The van der Waals surface area contributed by atoms with E-state index in [1.165, 1.54) is 19.3 Å². The van der Waals surface area contributed by atoms with Crippen LogP contribution in [0.1, 0.15) is 25.7 Å². The highest BCUT2D eigenvalue weighted by molar-refractivity contribution is 5.49. The lowest BCUT2D eigenvalue weighted by atomic mass is 9.86. The maximum atomic E-state index is 6.03. The third kappa shape index (κ3) is 2.34. The van der Waals surface area contributed by atoms with Crippen LogP contribution in [0.5, 0.6) is 0 Å². The number of pyridine rings is 1. The van der Waals surface area contributed by atoms with Crippen molar-refractivity contribution < 1.29 is 0 Å². The SMILES string of the molecule is NC1CCCC(CNc2cccc3nccn23)C1. The fraction of sp³-hybridized carbons (Fsp3) is 0.500. The first-order valence-corrected chi connectivity index (χ1v) is 6.74. The molecule has 1 saturated carbocycles. The molecule has 2 heterocycles. The lowest BCUT2D eigenvalue weighted by Gasteiger charge is -2.27. The smallest absolute Gasteiger partial charge is 0.138 e. The van der Waals surface area contributed by atoms with E-state index < -0.39 is 0 Å². The van der Waals surface area contributed by atoms with E-state index in [0.717, 1.165) is 24.4 Å². The zero-order chi connectivity index (χ0) is 12.4. The van der Waals surface area contributed by atoms with Gasteiger partial charge < -0.3 is 11.1 Å².